The van der Waals surface area contributed by atoms with E-state index in [9.17, 15) is 0 Å². The molecule has 0 aromatic heterocycles. The van der Waals surface area contributed by atoms with Crippen molar-refractivity contribution in [1.82, 2.24) is 0 Å². The Kier molecular flexibility index (Phi) is 1.71. The molecule has 0 spiro atoms. The van der Waals surface area contributed by atoms with Gasteiger partial charge in [-0.3, -0.25) is 0 Å². The van der Waals surface area contributed by atoms with Crippen LogP contribution in [0.5, 0.6) is 0 Å². The third kappa shape index (κ3) is 1.01. The van der Waals surface area contributed by atoms with Crippen LogP contribution in [0.15, 0.2) is 0 Å². The fourth-order valence-corrected chi connectivity index (χ4v) is 3.02. The molecule has 64 valence electrons. The van der Waals surface area contributed by atoms with Gasteiger partial charge in [0.2, 0.25) is 0 Å². The summed E-state index contributed by atoms with van der Waals surface area (Å²) in [4.78, 5) is 0. The fourth-order valence-electron chi connectivity index (χ4n) is 3.02. The van der Waals surface area contributed by atoms with Crippen molar-refractivity contribution in [2.75, 3.05) is 0 Å². The summed E-state index contributed by atoms with van der Waals surface area (Å²) in [6, 6.07) is 0.551. The minimum atomic E-state index is 0.551. The number of nitrogens with two attached hydrogens (primary N) is 1. The minimum absolute atomic E-state index is 0.551. The fraction of sp³-hybridized carbons (Fsp3) is 1.00. The second-order valence-electron chi connectivity index (χ2n) is 4.38. The molecular formula is C10H19N. The second kappa shape index (κ2) is 2.48. The molecule has 2 atom stereocenters. The van der Waals surface area contributed by atoms with E-state index < -0.39 is 0 Å². The van der Waals surface area contributed by atoms with Crippen LogP contribution in [-0.4, -0.2) is 6.04 Å². The first-order valence-electron chi connectivity index (χ1n) is 5.05. The molecule has 2 unspecified atom stereocenters. The monoisotopic (exact) mass is 153 g/mol. The third-order valence-electron chi connectivity index (χ3n) is 4.00. The zero-order valence-corrected chi connectivity index (χ0v) is 7.47. The van der Waals surface area contributed by atoms with Gasteiger partial charge in [-0.25, -0.2) is 0 Å². The van der Waals surface area contributed by atoms with E-state index >= 15 is 0 Å². The Balaban J connectivity index is 2.01. The molecule has 0 amide bonds. The van der Waals surface area contributed by atoms with Gasteiger partial charge < -0.3 is 5.73 Å². The molecule has 0 bridgehead atoms. The molecule has 2 saturated carbocycles. The quantitative estimate of drug-likeness (QED) is 0.647. The van der Waals surface area contributed by atoms with Gasteiger partial charge in [0.15, 0.2) is 0 Å². The summed E-state index contributed by atoms with van der Waals surface area (Å²) in [6.07, 6.45) is 8.47. The first kappa shape index (κ1) is 7.60. The number of rotatable bonds is 2. The predicted molar refractivity (Wildman–Crippen MR) is 47.3 cm³/mol. The maximum atomic E-state index is 5.99. The Bertz CT molecular complexity index is 145. The topological polar surface area (TPSA) is 26.0 Å². The molecule has 2 rings (SSSR count). The zero-order valence-electron chi connectivity index (χ0n) is 7.47. The van der Waals surface area contributed by atoms with Crippen LogP contribution in [-0.2, 0) is 0 Å². The molecule has 0 aliphatic heterocycles. The van der Waals surface area contributed by atoms with Gasteiger partial charge in [-0.15, -0.1) is 0 Å². The van der Waals surface area contributed by atoms with Crippen molar-refractivity contribution in [3.05, 3.63) is 0 Å². The summed E-state index contributed by atoms with van der Waals surface area (Å²) in [5.41, 5.74) is 6.60. The van der Waals surface area contributed by atoms with Gasteiger partial charge in [0.05, 0.1) is 0 Å². The largest absolute Gasteiger partial charge is 0.327 e. The minimum Gasteiger partial charge on any atom is -0.327 e. The molecule has 0 aromatic rings. The van der Waals surface area contributed by atoms with Gasteiger partial charge in [0.1, 0.15) is 0 Å². The number of hydrogen-bond acceptors (Lipinski definition) is 1. The van der Waals surface area contributed by atoms with Crippen molar-refractivity contribution in [2.24, 2.45) is 17.1 Å². The molecule has 0 saturated heterocycles. The maximum Gasteiger partial charge on any atom is 0.0105 e. The lowest BCUT2D eigenvalue weighted by atomic mass is 9.85. The molecule has 2 aliphatic carbocycles. The van der Waals surface area contributed by atoms with Crippen LogP contribution in [0.1, 0.15) is 45.4 Å². The lowest BCUT2D eigenvalue weighted by molar-refractivity contribution is 0.293. The van der Waals surface area contributed by atoms with Crippen LogP contribution < -0.4 is 5.73 Å². The van der Waals surface area contributed by atoms with Crippen molar-refractivity contribution in [2.45, 2.75) is 51.5 Å². The Morgan fingerprint density at radius 3 is 2.27 bits per heavy atom. The Labute approximate surface area is 69.4 Å². The van der Waals surface area contributed by atoms with Gasteiger partial charge in [-0.1, -0.05) is 19.8 Å². The van der Waals surface area contributed by atoms with E-state index in [2.05, 4.69) is 6.92 Å². The van der Waals surface area contributed by atoms with E-state index in [0.717, 1.165) is 5.92 Å². The summed E-state index contributed by atoms with van der Waals surface area (Å²) < 4.78 is 0. The number of hydrogen-bond donors (Lipinski definition) is 1. The average molecular weight is 153 g/mol. The highest BCUT2D eigenvalue weighted by molar-refractivity contribution is 5.09. The van der Waals surface area contributed by atoms with Crippen molar-refractivity contribution in [3.8, 4) is 0 Å². The van der Waals surface area contributed by atoms with Crippen molar-refractivity contribution in [3.63, 3.8) is 0 Å². The summed E-state index contributed by atoms with van der Waals surface area (Å²) in [5.74, 6) is 0.988. The van der Waals surface area contributed by atoms with Crippen LogP contribution in [0.25, 0.3) is 0 Å². The van der Waals surface area contributed by atoms with Crippen LogP contribution >= 0.6 is 0 Å². The van der Waals surface area contributed by atoms with E-state index in [-0.39, 0.29) is 0 Å². The normalized spacial score (nSPS) is 44.7. The van der Waals surface area contributed by atoms with Gasteiger partial charge in [0.25, 0.3) is 0 Å². The van der Waals surface area contributed by atoms with E-state index in [1.165, 1.54) is 38.5 Å². The molecule has 1 heteroatoms. The van der Waals surface area contributed by atoms with E-state index in [1.54, 1.807) is 0 Å². The highest BCUT2D eigenvalue weighted by Gasteiger charge is 2.55. The first-order valence-corrected chi connectivity index (χ1v) is 5.05. The lowest BCUT2D eigenvalue weighted by Crippen LogP contribution is -2.21. The molecule has 0 radical (unpaired) electrons. The molecule has 1 nitrogen and oxygen atoms in total. The van der Waals surface area contributed by atoms with E-state index in [1.807, 2.05) is 0 Å². The Morgan fingerprint density at radius 1 is 1.36 bits per heavy atom. The smallest absolute Gasteiger partial charge is 0.0105 e. The highest BCUT2D eigenvalue weighted by Crippen LogP contribution is 2.58. The highest BCUT2D eigenvalue weighted by atomic mass is 14.8. The third-order valence-corrected chi connectivity index (χ3v) is 4.00. The molecule has 2 aliphatic rings. The van der Waals surface area contributed by atoms with Gasteiger partial charge in [0, 0.05) is 6.04 Å². The van der Waals surface area contributed by atoms with Crippen LogP contribution in [0.3, 0.4) is 0 Å². The average Bonchev–Trinajstić information content (AvgIpc) is 2.55. The maximum absolute atomic E-state index is 5.99. The summed E-state index contributed by atoms with van der Waals surface area (Å²) >= 11 is 0. The summed E-state index contributed by atoms with van der Waals surface area (Å²) in [7, 11) is 0. The molecule has 0 heterocycles. The summed E-state index contributed by atoms with van der Waals surface area (Å²) in [5, 5.41) is 0. The molecule has 2 N–H and O–H groups in total. The van der Waals surface area contributed by atoms with Crippen molar-refractivity contribution >= 4 is 0 Å². The molecule has 11 heavy (non-hydrogen) atoms. The summed E-state index contributed by atoms with van der Waals surface area (Å²) in [6.45, 7) is 2.31. The Morgan fingerprint density at radius 2 is 1.91 bits per heavy atom. The van der Waals surface area contributed by atoms with Gasteiger partial charge >= 0.3 is 0 Å². The molecular weight excluding hydrogens is 134 g/mol. The standard InChI is InChI=1S/C10H19N/c1-2-10(7-9(10)11)8-5-3-4-6-8/h8-9H,2-7,11H2,1H3. The SMILES string of the molecule is CCC1(C2CCCC2)CC1N. The van der Waals surface area contributed by atoms with Crippen molar-refractivity contribution in [1.29, 1.82) is 0 Å². The van der Waals surface area contributed by atoms with Crippen LogP contribution in [0, 0.1) is 11.3 Å². The second-order valence-corrected chi connectivity index (χ2v) is 4.38. The molecule has 0 aromatic carbocycles. The van der Waals surface area contributed by atoms with Gasteiger partial charge in [-0.05, 0) is 37.0 Å². The first-order chi connectivity index (χ1) is 5.29. The van der Waals surface area contributed by atoms with Crippen LogP contribution in [0.4, 0.5) is 0 Å². The van der Waals surface area contributed by atoms with Crippen molar-refractivity contribution < 1.29 is 0 Å². The van der Waals surface area contributed by atoms with E-state index in [0.29, 0.717) is 11.5 Å². The Hall–Kier alpha value is -0.0400. The molecule has 2 fully saturated rings. The van der Waals surface area contributed by atoms with E-state index in [4.69, 9.17) is 5.73 Å². The van der Waals surface area contributed by atoms with Gasteiger partial charge in [-0.2, -0.15) is 0 Å². The van der Waals surface area contributed by atoms with Crippen LogP contribution in [0.2, 0.25) is 0 Å². The zero-order chi connectivity index (χ0) is 7.90. The lowest BCUT2D eigenvalue weighted by Gasteiger charge is -2.21. The predicted octanol–water partition coefficient (Wildman–Crippen LogP) is 2.30.